The summed E-state index contributed by atoms with van der Waals surface area (Å²) >= 11 is 1.85. The smallest absolute Gasteiger partial charge is 0.250 e. The summed E-state index contributed by atoms with van der Waals surface area (Å²) in [5.41, 5.74) is 3.66. The Kier molecular flexibility index (Phi) is 3.98. The summed E-state index contributed by atoms with van der Waals surface area (Å²) in [6.45, 7) is 4.22. The molecular formula is C21H22N3OS+. The maximum Gasteiger partial charge on any atom is 0.250 e. The maximum atomic E-state index is 12.6. The quantitative estimate of drug-likeness (QED) is 0.774. The molecule has 3 aromatic rings. The van der Waals surface area contributed by atoms with Gasteiger partial charge in [-0.1, -0.05) is 12.1 Å². The summed E-state index contributed by atoms with van der Waals surface area (Å²) in [5, 5.41) is 2.16. The Bertz CT molecular complexity index is 965. The molecule has 132 valence electrons. The van der Waals surface area contributed by atoms with E-state index in [1.165, 1.54) is 22.6 Å². The van der Waals surface area contributed by atoms with Crippen molar-refractivity contribution in [3.63, 3.8) is 0 Å². The van der Waals surface area contributed by atoms with Gasteiger partial charge in [0.05, 0.1) is 18.0 Å². The minimum Gasteiger partial charge on any atom is -0.330 e. The van der Waals surface area contributed by atoms with Crippen molar-refractivity contribution >= 4 is 11.3 Å². The standard InChI is InChI=1S/C21H21N3OS/c25-20-6-5-19(16-3-1-7-22-10-16)21-17-9-15(12-24(20)21)11-23(13-17)14-18-4-2-8-26-18/h1-8,10,15,17H,9,11-14H2/p+1/t15-,17+/m0/s1. The second-order valence-corrected chi connectivity index (χ2v) is 8.57. The predicted molar refractivity (Wildman–Crippen MR) is 104 cm³/mol. The molecule has 0 saturated carbocycles. The SMILES string of the molecule is O=c1ccc(-c2cccnc2)c2n1C[C@H]1C[C@@H]2C[NH+](Cc2cccs2)C1. The number of hydrogen-bond donors (Lipinski definition) is 1. The van der Waals surface area contributed by atoms with E-state index in [0.29, 0.717) is 11.8 Å². The Labute approximate surface area is 156 Å². The maximum absolute atomic E-state index is 12.6. The highest BCUT2D eigenvalue weighted by Crippen LogP contribution is 2.36. The third-order valence-electron chi connectivity index (χ3n) is 5.76. The van der Waals surface area contributed by atoms with Gasteiger partial charge in [0, 0.05) is 53.7 Å². The second-order valence-electron chi connectivity index (χ2n) is 7.54. The first-order valence-electron chi connectivity index (χ1n) is 9.28. The number of aromatic nitrogens is 2. The number of nitrogens with one attached hydrogen (secondary N) is 1. The van der Waals surface area contributed by atoms with E-state index in [1.807, 2.05) is 34.2 Å². The molecular weight excluding hydrogens is 342 g/mol. The summed E-state index contributed by atoms with van der Waals surface area (Å²) in [6, 6.07) is 12.2. The van der Waals surface area contributed by atoms with E-state index in [9.17, 15) is 4.79 Å². The fraction of sp³-hybridized carbons (Fsp3) is 0.333. The number of likely N-dealkylation sites (tertiary alicyclic amines) is 1. The first-order valence-corrected chi connectivity index (χ1v) is 10.2. The second kappa shape index (κ2) is 6.49. The highest BCUT2D eigenvalue weighted by Gasteiger charge is 2.38. The van der Waals surface area contributed by atoms with Gasteiger partial charge in [-0.05, 0) is 30.0 Å². The Balaban J connectivity index is 1.54. The number of nitrogens with zero attached hydrogens (tertiary/aromatic N) is 2. The molecule has 0 aromatic carbocycles. The lowest BCUT2D eigenvalue weighted by Gasteiger charge is -2.41. The molecule has 3 atom stereocenters. The molecule has 5 rings (SSSR count). The van der Waals surface area contributed by atoms with Crippen LogP contribution in [0.2, 0.25) is 0 Å². The zero-order valence-corrected chi connectivity index (χ0v) is 15.4. The molecule has 0 spiro atoms. The number of thiophene rings is 1. The van der Waals surface area contributed by atoms with Crippen molar-refractivity contribution in [1.29, 1.82) is 0 Å². The first-order chi connectivity index (χ1) is 12.8. The molecule has 0 amide bonds. The molecule has 1 fully saturated rings. The largest absolute Gasteiger partial charge is 0.330 e. The van der Waals surface area contributed by atoms with Gasteiger partial charge in [0.1, 0.15) is 6.54 Å². The van der Waals surface area contributed by atoms with Crippen molar-refractivity contribution in [2.24, 2.45) is 5.92 Å². The Morgan fingerprint density at radius 3 is 2.96 bits per heavy atom. The number of piperidine rings is 1. The number of rotatable bonds is 3. The summed E-state index contributed by atoms with van der Waals surface area (Å²) in [5.74, 6) is 1.04. The van der Waals surface area contributed by atoms with E-state index in [-0.39, 0.29) is 5.56 Å². The summed E-state index contributed by atoms with van der Waals surface area (Å²) in [4.78, 5) is 19.9. The molecule has 2 aliphatic heterocycles. The van der Waals surface area contributed by atoms with Gasteiger partial charge in [0.25, 0.3) is 5.56 Å². The highest BCUT2D eigenvalue weighted by atomic mass is 32.1. The molecule has 0 radical (unpaired) electrons. The minimum atomic E-state index is 0.143. The van der Waals surface area contributed by atoms with Gasteiger partial charge in [-0.3, -0.25) is 9.78 Å². The summed E-state index contributed by atoms with van der Waals surface area (Å²) in [6.07, 6.45) is 4.91. The average molecular weight is 364 g/mol. The van der Waals surface area contributed by atoms with Crippen molar-refractivity contribution in [1.82, 2.24) is 9.55 Å². The lowest BCUT2D eigenvalue weighted by atomic mass is 9.80. The molecule has 4 nitrogen and oxygen atoms in total. The fourth-order valence-corrected chi connectivity index (χ4v) is 5.58. The van der Waals surface area contributed by atoms with Gasteiger partial charge in [-0.15, -0.1) is 11.3 Å². The predicted octanol–water partition coefficient (Wildman–Crippen LogP) is 2.17. The molecule has 5 heterocycles. The van der Waals surface area contributed by atoms with Crippen LogP contribution in [0.3, 0.4) is 0 Å². The third kappa shape index (κ3) is 2.81. The van der Waals surface area contributed by atoms with Gasteiger partial charge < -0.3 is 9.47 Å². The van der Waals surface area contributed by atoms with Crippen LogP contribution in [-0.2, 0) is 13.1 Å². The highest BCUT2D eigenvalue weighted by molar-refractivity contribution is 7.09. The molecule has 2 bridgehead atoms. The van der Waals surface area contributed by atoms with Gasteiger partial charge in [0.15, 0.2) is 0 Å². The fourth-order valence-electron chi connectivity index (χ4n) is 4.81. The van der Waals surface area contributed by atoms with Gasteiger partial charge in [-0.2, -0.15) is 0 Å². The van der Waals surface area contributed by atoms with E-state index in [2.05, 4.69) is 28.6 Å². The van der Waals surface area contributed by atoms with Crippen LogP contribution in [0.25, 0.3) is 11.1 Å². The minimum absolute atomic E-state index is 0.143. The van der Waals surface area contributed by atoms with Gasteiger partial charge in [-0.25, -0.2) is 0 Å². The van der Waals surface area contributed by atoms with Crippen LogP contribution in [-0.4, -0.2) is 22.6 Å². The Morgan fingerprint density at radius 2 is 2.15 bits per heavy atom. The summed E-state index contributed by atoms with van der Waals surface area (Å²) in [7, 11) is 0. The zero-order valence-electron chi connectivity index (χ0n) is 14.6. The monoisotopic (exact) mass is 364 g/mol. The van der Waals surface area contributed by atoms with E-state index < -0.39 is 0 Å². The summed E-state index contributed by atoms with van der Waals surface area (Å²) < 4.78 is 2.04. The van der Waals surface area contributed by atoms with Crippen LogP contribution >= 0.6 is 11.3 Å². The number of fused-ring (bicyclic) bond motifs is 4. The van der Waals surface area contributed by atoms with Crippen molar-refractivity contribution in [2.75, 3.05) is 13.1 Å². The van der Waals surface area contributed by atoms with E-state index in [1.54, 1.807) is 17.2 Å². The van der Waals surface area contributed by atoms with Crippen LogP contribution in [0.4, 0.5) is 0 Å². The van der Waals surface area contributed by atoms with Crippen molar-refractivity contribution < 1.29 is 4.90 Å². The third-order valence-corrected chi connectivity index (χ3v) is 6.64. The van der Waals surface area contributed by atoms with Crippen LogP contribution in [0, 0.1) is 5.92 Å². The lowest BCUT2D eigenvalue weighted by molar-refractivity contribution is -0.924. The Morgan fingerprint density at radius 1 is 1.19 bits per heavy atom. The van der Waals surface area contributed by atoms with Crippen LogP contribution in [0.5, 0.6) is 0 Å². The topological polar surface area (TPSA) is 39.3 Å². The molecule has 1 N–H and O–H groups in total. The number of pyridine rings is 2. The lowest BCUT2D eigenvalue weighted by Crippen LogP contribution is -3.13. The first kappa shape index (κ1) is 16.0. The van der Waals surface area contributed by atoms with Crippen LogP contribution in [0.15, 0.2) is 59.0 Å². The number of quaternary nitrogens is 1. The number of hydrogen-bond acceptors (Lipinski definition) is 3. The molecule has 3 aromatic heterocycles. The normalized spacial score (nSPS) is 24.2. The molecule has 26 heavy (non-hydrogen) atoms. The Hall–Kier alpha value is -2.24. The zero-order chi connectivity index (χ0) is 17.5. The van der Waals surface area contributed by atoms with Crippen molar-refractivity contribution in [2.45, 2.75) is 25.4 Å². The molecule has 0 aliphatic carbocycles. The van der Waals surface area contributed by atoms with Crippen LogP contribution in [0.1, 0.15) is 22.9 Å². The molecule has 1 saturated heterocycles. The average Bonchev–Trinajstić information content (AvgIpc) is 3.16. The van der Waals surface area contributed by atoms with Crippen LogP contribution < -0.4 is 10.5 Å². The molecule has 2 aliphatic rings. The van der Waals surface area contributed by atoms with Gasteiger partial charge >= 0.3 is 0 Å². The van der Waals surface area contributed by atoms with E-state index in [4.69, 9.17) is 0 Å². The molecule has 5 heteroatoms. The molecule has 1 unspecified atom stereocenters. The van der Waals surface area contributed by atoms with Gasteiger partial charge in [0.2, 0.25) is 0 Å². The van der Waals surface area contributed by atoms with E-state index >= 15 is 0 Å². The van der Waals surface area contributed by atoms with E-state index in [0.717, 1.165) is 31.7 Å². The van der Waals surface area contributed by atoms with Crippen molar-refractivity contribution in [3.05, 3.63) is 75.1 Å². The van der Waals surface area contributed by atoms with Crippen molar-refractivity contribution in [3.8, 4) is 11.1 Å².